The minimum absolute atomic E-state index is 0.0243. The lowest BCUT2D eigenvalue weighted by molar-refractivity contribution is -0.0611. The molecule has 1 aliphatic carbocycles. The van der Waals surface area contributed by atoms with Crippen LogP contribution in [0.5, 0.6) is 0 Å². The Morgan fingerprint density at radius 1 is 1.30 bits per heavy atom. The molecule has 0 aliphatic heterocycles. The Morgan fingerprint density at radius 2 is 1.93 bits per heavy atom. The van der Waals surface area contributed by atoms with E-state index in [-0.39, 0.29) is 18.6 Å². The summed E-state index contributed by atoms with van der Waals surface area (Å²) in [7, 11) is 0.981. The van der Waals surface area contributed by atoms with E-state index in [9.17, 15) is 18.3 Å². The molecule has 5 nitrogen and oxygen atoms in total. The van der Waals surface area contributed by atoms with E-state index in [0.717, 1.165) is 12.7 Å². The summed E-state index contributed by atoms with van der Waals surface area (Å²) in [5.74, 6) is -0.398. The molecule has 0 saturated heterocycles. The molecule has 1 aliphatic rings. The number of allylic oxidation sites excluding steroid dienone is 3. The second kappa shape index (κ2) is 8.49. The molecule has 4 N–H and O–H groups in total. The first kappa shape index (κ1) is 20.9. The number of methoxy groups -OCH3 is 1. The van der Waals surface area contributed by atoms with Gasteiger partial charge in [-0.3, -0.25) is 5.41 Å². The van der Waals surface area contributed by atoms with Gasteiger partial charge in [-0.15, -0.1) is 0 Å². The maximum absolute atomic E-state index is 12.7. The zero-order valence-corrected chi connectivity index (χ0v) is 15.1. The smallest absolute Gasteiger partial charge is 0.436 e. The lowest BCUT2D eigenvalue weighted by atomic mass is 9.96. The van der Waals surface area contributed by atoms with Gasteiger partial charge >= 0.3 is 6.18 Å². The van der Waals surface area contributed by atoms with Crippen molar-refractivity contribution in [3.63, 3.8) is 0 Å². The molecule has 0 saturated carbocycles. The van der Waals surface area contributed by atoms with Crippen molar-refractivity contribution in [1.82, 2.24) is 0 Å². The van der Waals surface area contributed by atoms with Crippen molar-refractivity contribution in [2.24, 2.45) is 5.73 Å². The summed E-state index contributed by atoms with van der Waals surface area (Å²) in [6, 6.07) is 7.01. The molecule has 146 valence electrons. The second-order valence-electron chi connectivity index (χ2n) is 5.71. The van der Waals surface area contributed by atoms with E-state index in [1.807, 2.05) is 0 Å². The number of hydrogen-bond acceptors (Lipinski definition) is 5. The highest BCUT2D eigenvalue weighted by molar-refractivity contribution is 6.30. The number of nitrogens with one attached hydrogen (secondary N) is 1. The van der Waals surface area contributed by atoms with Crippen LogP contribution in [0, 0.1) is 5.41 Å². The average molecular weight is 403 g/mol. The lowest BCUT2D eigenvalue weighted by Gasteiger charge is -2.23. The van der Waals surface area contributed by atoms with Crippen LogP contribution in [0.25, 0.3) is 0 Å². The van der Waals surface area contributed by atoms with Crippen molar-refractivity contribution in [3.8, 4) is 0 Å². The van der Waals surface area contributed by atoms with E-state index in [1.54, 1.807) is 24.3 Å². The van der Waals surface area contributed by atoms with Gasteiger partial charge in [0, 0.05) is 17.0 Å². The van der Waals surface area contributed by atoms with Gasteiger partial charge in [0.25, 0.3) is 0 Å². The predicted molar refractivity (Wildman–Crippen MR) is 95.0 cm³/mol. The van der Waals surface area contributed by atoms with E-state index in [0.29, 0.717) is 10.8 Å². The third kappa shape index (κ3) is 5.27. The van der Waals surface area contributed by atoms with Gasteiger partial charge in [0.05, 0.1) is 24.7 Å². The normalized spacial score (nSPS) is 18.2. The molecule has 9 heteroatoms. The number of nitrogens with two attached hydrogens (primary N) is 1. The van der Waals surface area contributed by atoms with Crippen molar-refractivity contribution >= 4 is 17.3 Å². The highest BCUT2D eigenvalue weighted by atomic mass is 35.5. The monoisotopic (exact) mass is 402 g/mol. The number of alkyl halides is 3. The Hall–Kier alpha value is -2.45. The molecular formula is C18H18ClF3N2O3. The van der Waals surface area contributed by atoms with Crippen molar-refractivity contribution in [2.75, 3.05) is 7.11 Å². The number of rotatable bonds is 6. The van der Waals surface area contributed by atoms with Crippen LogP contribution in [0.1, 0.15) is 12.0 Å². The first-order valence-corrected chi connectivity index (χ1v) is 8.17. The van der Waals surface area contributed by atoms with Gasteiger partial charge in [0.15, 0.2) is 11.5 Å². The van der Waals surface area contributed by atoms with Crippen molar-refractivity contribution in [1.29, 1.82) is 5.41 Å². The fraction of sp³-hybridized carbons (Fsp3) is 0.278. The molecule has 1 aromatic carbocycles. The minimum atomic E-state index is -4.92. The van der Waals surface area contributed by atoms with Crippen molar-refractivity contribution < 1.29 is 27.8 Å². The molecule has 0 bridgehead atoms. The maximum Gasteiger partial charge on any atom is 0.436 e. The van der Waals surface area contributed by atoms with Crippen LogP contribution in [0.4, 0.5) is 13.2 Å². The molecule has 0 radical (unpaired) electrons. The Morgan fingerprint density at radius 3 is 2.44 bits per heavy atom. The fourth-order valence-electron chi connectivity index (χ4n) is 2.40. The summed E-state index contributed by atoms with van der Waals surface area (Å²) in [4.78, 5) is 0. The molecule has 0 aromatic heterocycles. The second-order valence-corrected chi connectivity index (χ2v) is 6.15. The van der Waals surface area contributed by atoms with Gasteiger partial charge in [-0.25, -0.2) is 0 Å². The Labute approximate surface area is 159 Å². The third-order valence-electron chi connectivity index (χ3n) is 3.81. The van der Waals surface area contributed by atoms with Crippen LogP contribution in [-0.2, 0) is 16.1 Å². The summed E-state index contributed by atoms with van der Waals surface area (Å²) in [6.45, 7) is 0.242. The lowest BCUT2D eigenvalue weighted by Crippen LogP contribution is -2.29. The highest BCUT2D eigenvalue weighted by Crippen LogP contribution is 2.29. The largest absolute Gasteiger partial charge is 0.493 e. The molecule has 0 amide bonds. The first-order valence-electron chi connectivity index (χ1n) is 7.79. The molecule has 1 unspecified atom stereocenters. The highest BCUT2D eigenvalue weighted by Gasteiger charge is 2.39. The molecule has 2 rings (SSSR count). The van der Waals surface area contributed by atoms with Crippen LogP contribution >= 0.6 is 11.6 Å². The van der Waals surface area contributed by atoms with E-state index in [4.69, 9.17) is 27.5 Å². The van der Waals surface area contributed by atoms with E-state index in [2.05, 4.69) is 4.74 Å². The Bertz CT molecular complexity index is 799. The van der Waals surface area contributed by atoms with Crippen molar-refractivity contribution in [2.45, 2.75) is 25.3 Å². The van der Waals surface area contributed by atoms with Gasteiger partial charge < -0.3 is 20.3 Å². The van der Waals surface area contributed by atoms with Crippen LogP contribution in [0.15, 0.2) is 59.2 Å². The topological polar surface area (TPSA) is 88.6 Å². The standard InChI is InChI=1S/C18H18ClF3N2O3/c1-26-16(17(24)18(20,21)22)15(23)13-7-6-12(8-14(13)25)27-9-10-2-4-11(19)5-3-10/h2-7,14,24-25H,8-9,23H2,1H3/b16-15+,24-17?. The SMILES string of the molecule is CO/C(C(=N)C(F)(F)F)=C(/N)C1=CC=C(OCc2ccc(Cl)cc2)CC1O. The van der Waals surface area contributed by atoms with Crippen molar-refractivity contribution in [3.05, 3.63) is 69.8 Å². The number of aliphatic hydroxyl groups is 1. The summed E-state index contributed by atoms with van der Waals surface area (Å²) < 4.78 is 48.5. The minimum Gasteiger partial charge on any atom is -0.493 e. The summed E-state index contributed by atoms with van der Waals surface area (Å²) in [5.41, 5.74) is 4.45. The number of ether oxygens (including phenoxy) is 2. The first-order chi connectivity index (χ1) is 12.6. The zero-order chi connectivity index (χ0) is 20.2. The predicted octanol–water partition coefficient (Wildman–Crippen LogP) is 3.83. The molecule has 1 atom stereocenters. The van der Waals surface area contributed by atoms with Crippen LogP contribution in [0.3, 0.4) is 0 Å². The molecule has 0 spiro atoms. The molecule has 1 aromatic rings. The van der Waals surface area contributed by atoms with Crippen LogP contribution in [-0.4, -0.2) is 30.2 Å². The molecule has 0 fully saturated rings. The average Bonchev–Trinajstić information content (AvgIpc) is 2.61. The van der Waals surface area contributed by atoms with E-state index < -0.39 is 29.4 Å². The van der Waals surface area contributed by atoms with Gasteiger partial charge in [-0.1, -0.05) is 29.8 Å². The fourth-order valence-corrected chi connectivity index (χ4v) is 2.53. The Kier molecular flexibility index (Phi) is 6.56. The van der Waals surface area contributed by atoms with Crippen LogP contribution in [0.2, 0.25) is 5.02 Å². The van der Waals surface area contributed by atoms with E-state index >= 15 is 0 Å². The summed E-state index contributed by atoms with van der Waals surface area (Å²) in [5, 5.41) is 18.0. The van der Waals surface area contributed by atoms with Gasteiger partial charge in [0.2, 0.25) is 0 Å². The van der Waals surface area contributed by atoms with Crippen LogP contribution < -0.4 is 5.73 Å². The molecular weight excluding hydrogens is 385 g/mol. The van der Waals surface area contributed by atoms with Gasteiger partial charge in [0.1, 0.15) is 6.61 Å². The number of halogens is 4. The zero-order valence-electron chi connectivity index (χ0n) is 14.3. The molecule has 0 heterocycles. The number of aliphatic hydroxyl groups excluding tert-OH is 1. The number of hydrogen-bond donors (Lipinski definition) is 3. The van der Waals surface area contributed by atoms with E-state index in [1.165, 1.54) is 12.2 Å². The Balaban J connectivity index is 2.17. The quantitative estimate of drug-likeness (QED) is 0.498. The van der Waals surface area contributed by atoms with Gasteiger partial charge in [-0.05, 0) is 23.8 Å². The molecule has 27 heavy (non-hydrogen) atoms. The third-order valence-corrected chi connectivity index (χ3v) is 4.06. The summed E-state index contributed by atoms with van der Waals surface area (Å²) >= 11 is 5.81. The number of benzene rings is 1. The summed E-state index contributed by atoms with van der Waals surface area (Å²) in [6.07, 6.45) is -3.23. The maximum atomic E-state index is 12.7. The van der Waals surface area contributed by atoms with Gasteiger partial charge in [-0.2, -0.15) is 13.2 Å².